The number of carboxylic acid groups (broad SMARTS) is 1. The van der Waals surface area contributed by atoms with Gasteiger partial charge < -0.3 is 10.8 Å². The van der Waals surface area contributed by atoms with Crippen LogP contribution in [-0.2, 0) is 4.79 Å². The summed E-state index contributed by atoms with van der Waals surface area (Å²) in [5, 5.41) is 19.5. The molecule has 0 amide bonds. The van der Waals surface area contributed by atoms with Crippen LogP contribution in [0.4, 0.5) is 5.69 Å². The predicted molar refractivity (Wildman–Crippen MR) is 72.9 cm³/mol. The van der Waals surface area contributed by atoms with Gasteiger partial charge in [-0.25, -0.2) is 0 Å². The van der Waals surface area contributed by atoms with E-state index in [0.717, 1.165) is 0 Å². The van der Waals surface area contributed by atoms with Gasteiger partial charge in [0.05, 0.1) is 22.5 Å². The number of carboxylic acids is 1. The van der Waals surface area contributed by atoms with Crippen LogP contribution in [0.1, 0.15) is 11.6 Å². The molecule has 1 unspecified atom stereocenters. The average molecular weight is 283 g/mol. The van der Waals surface area contributed by atoms with Crippen LogP contribution in [0.2, 0.25) is 0 Å². The van der Waals surface area contributed by atoms with E-state index in [-0.39, 0.29) is 17.2 Å². The Balaban J connectivity index is 3.12. The number of non-ortho nitro benzene ring substituents is 1. The van der Waals surface area contributed by atoms with Gasteiger partial charge in [0.2, 0.25) is 0 Å². The molecule has 3 N–H and O–H groups in total. The summed E-state index contributed by atoms with van der Waals surface area (Å²) < 4.78 is 0. The highest BCUT2D eigenvalue weighted by Crippen LogP contribution is 2.23. The van der Waals surface area contributed by atoms with E-state index < -0.39 is 16.9 Å². The number of nitrogens with zero attached hydrogens (tertiary/aromatic N) is 2. The highest BCUT2D eigenvalue weighted by molar-refractivity contribution is 7.80. The smallest absolute Gasteiger partial charge is 0.317 e. The van der Waals surface area contributed by atoms with Crippen molar-refractivity contribution in [1.82, 2.24) is 4.90 Å². The summed E-state index contributed by atoms with van der Waals surface area (Å²) in [4.78, 5) is 22.4. The van der Waals surface area contributed by atoms with Crippen molar-refractivity contribution in [2.75, 3.05) is 13.6 Å². The SMILES string of the molecule is CN(CC(=O)O)C(C(N)=S)c1cccc([N+](=O)[O-])c1. The van der Waals surface area contributed by atoms with Crippen LogP contribution < -0.4 is 5.73 Å². The van der Waals surface area contributed by atoms with Gasteiger partial charge in [0.1, 0.15) is 0 Å². The first kappa shape index (κ1) is 15.0. The fourth-order valence-corrected chi connectivity index (χ4v) is 2.07. The van der Waals surface area contributed by atoms with Gasteiger partial charge in [-0.1, -0.05) is 24.4 Å². The first-order valence-corrected chi connectivity index (χ1v) is 5.69. The number of carbonyl (C=O) groups is 1. The third kappa shape index (κ3) is 3.97. The molecule has 0 saturated carbocycles. The Morgan fingerprint density at radius 3 is 2.74 bits per heavy atom. The topological polar surface area (TPSA) is 110 Å². The molecule has 1 atom stereocenters. The Morgan fingerprint density at radius 1 is 1.63 bits per heavy atom. The summed E-state index contributed by atoms with van der Waals surface area (Å²) in [6, 6.07) is 5.15. The summed E-state index contributed by atoms with van der Waals surface area (Å²) in [7, 11) is 1.54. The third-order valence-corrected chi connectivity index (χ3v) is 2.71. The second-order valence-corrected chi connectivity index (χ2v) is 4.44. The molecule has 0 saturated heterocycles. The number of nitro groups is 1. The maximum Gasteiger partial charge on any atom is 0.317 e. The summed E-state index contributed by atoms with van der Waals surface area (Å²) in [6.45, 7) is -0.273. The normalized spacial score (nSPS) is 12.1. The molecular weight excluding hydrogens is 270 g/mol. The molecule has 0 bridgehead atoms. The molecule has 0 aliphatic rings. The zero-order chi connectivity index (χ0) is 14.6. The lowest BCUT2D eigenvalue weighted by Crippen LogP contribution is -2.37. The summed E-state index contributed by atoms with van der Waals surface area (Å²) >= 11 is 4.91. The minimum atomic E-state index is -1.03. The molecule has 1 aromatic rings. The van der Waals surface area contributed by atoms with Crippen molar-refractivity contribution >= 4 is 28.9 Å². The molecule has 102 valence electrons. The molecule has 1 aromatic carbocycles. The average Bonchev–Trinajstić information content (AvgIpc) is 2.27. The maximum absolute atomic E-state index is 10.7. The van der Waals surface area contributed by atoms with Crippen molar-refractivity contribution < 1.29 is 14.8 Å². The molecule has 0 aromatic heterocycles. The molecule has 0 fully saturated rings. The number of hydrogen-bond donors (Lipinski definition) is 2. The second kappa shape index (κ2) is 6.21. The molecule has 0 aliphatic carbocycles. The van der Waals surface area contributed by atoms with Crippen molar-refractivity contribution in [3.8, 4) is 0 Å². The number of aliphatic carboxylic acids is 1. The first-order chi connectivity index (χ1) is 8.82. The van der Waals surface area contributed by atoms with E-state index in [1.165, 1.54) is 30.1 Å². The van der Waals surface area contributed by atoms with Crippen molar-refractivity contribution in [2.45, 2.75) is 6.04 Å². The predicted octanol–water partition coefficient (Wildman–Crippen LogP) is 0.938. The van der Waals surface area contributed by atoms with Crippen molar-refractivity contribution in [3.05, 3.63) is 39.9 Å². The summed E-state index contributed by atoms with van der Waals surface area (Å²) in [5.74, 6) is -1.03. The van der Waals surface area contributed by atoms with E-state index in [0.29, 0.717) is 5.56 Å². The molecular formula is C11H13N3O4S. The lowest BCUT2D eigenvalue weighted by atomic mass is 10.0. The lowest BCUT2D eigenvalue weighted by molar-refractivity contribution is -0.384. The molecule has 0 aliphatic heterocycles. The highest BCUT2D eigenvalue weighted by atomic mass is 32.1. The minimum absolute atomic E-state index is 0.0595. The fraction of sp³-hybridized carbons (Fsp3) is 0.273. The monoisotopic (exact) mass is 283 g/mol. The van der Waals surface area contributed by atoms with Gasteiger partial charge in [0.25, 0.3) is 5.69 Å². The van der Waals surface area contributed by atoms with Gasteiger partial charge in [-0.05, 0) is 12.6 Å². The van der Waals surface area contributed by atoms with Crippen molar-refractivity contribution in [1.29, 1.82) is 0 Å². The first-order valence-electron chi connectivity index (χ1n) is 5.28. The molecule has 8 heteroatoms. The van der Waals surface area contributed by atoms with Crippen LogP contribution in [0.3, 0.4) is 0 Å². The van der Waals surface area contributed by atoms with Gasteiger partial charge in [-0.15, -0.1) is 0 Å². The summed E-state index contributed by atoms with van der Waals surface area (Å²) in [6.07, 6.45) is 0. The molecule has 0 spiro atoms. The van der Waals surface area contributed by atoms with Crippen LogP contribution in [0.15, 0.2) is 24.3 Å². The van der Waals surface area contributed by atoms with Crippen LogP contribution in [0, 0.1) is 10.1 Å². The standard InChI is InChI=1S/C11H13N3O4S/c1-13(6-9(15)16)10(11(12)19)7-3-2-4-8(5-7)14(17)18/h2-5,10H,6H2,1H3,(H2,12,19)(H,15,16). The van der Waals surface area contributed by atoms with Gasteiger partial charge in [-0.2, -0.15) is 0 Å². The zero-order valence-electron chi connectivity index (χ0n) is 10.1. The highest BCUT2D eigenvalue weighted by Gasteiger charge is 2.23. The summed E-state index contributed by atoms with van der Waals surface area (Å²) in [5.41, 5.74) is 5.99. The Labute approximate surface area is 114 Å². The number of hydrogen-bond acceptors (Lipinski definition) is 5. The number of nitro benzene ring substituents is 1. The number of likely N-dealkylation sites (N-methyl/N-ethyl adjacent to an activating group) is 1. The Hall–Kier alpha value is -2.06. The Morgan fingerprint density at radius 2 is 2.26 bits per heavy atom. The van der Waals surface area contributed by atoms with Gasteiger partial charge >= 0.3 is 5.97 Å². The van der Waals surface area contributed by atoms with E-state index in [9.17, 15) is 14.9 Å². The van der Waals surface area contributed by atoms with Crippen LogP contribution in [0.25, 0.3) is 0 Å². The third-order valence-electron chi connectivity index (χ3n) is 2.49. The minimum Gasteiger partial charge on any atom is -0.480 e. The second-order valence-electron chi connectivity index (χ2n) is 3.97. The number of nitrogens with two attached hydrogens (primary N) is 1. The van der Waals surface area contributed by atoms with Gasteiger partial charge in [0, 0.05) is 12.1 Å². The maximum atomic E-state index is 10.7. The quantitative estimate of drug-likeness (QED) is 0.454. The fourth-order valence-electron chi connectivity index (χ4n) is 1.75. The lowest BCUT2D eigenvalue weighted by Gasteiger charge is -2.25. The van der Waals surface area contributed by atoms with Crippen molar-refractivity contribution in [2.24, 2.45) is 5.73 Å². The molecule has 0 heterocycles. The molecule has 19 heavy (non-hydrogen) atoms. The largest absolute Gasteiger partial charge is 0.480 e. The van der Waals surface area contributed by atoms with E-state index in [1.54, 1.807) is 6.07 Å². The van der Waals surface area contributed by atoms with Crippen LogP contribution >= 0.6 is 12.2 Å². The number of thiocarbonyl (C=S) groups is 1. The van der Waals surface area contributed by atoms with E-state index in [1.807, 2.05) is 0 Å². The van der Waals surface area contributed by atoms with Crippen molar-refractivity contribution in [3.63, 3.8) is 0 Å². The number of rotatable bonds is 6. The Bertz CT molecular complexity index is 520. The Kier molecular flexibility index (Phi) is 4.90. The van der Waals surface area contributed by atoms with Crippen LogP contribution in [-0.4, -0.2) is 39.5 Å². The van der Waals surface area contributed by atoms with E-state index in [4.69, 9.17) is 23.1 Å². The van der Waals surface area contributed by atoms with Gasteiger partial charge in [0.15, 0.2) is 0 Å². The molecule has 7 nitrogen and oxygen atoms in total. The van der Waals surface area contributed by atoms with Gasteiger partial charge in [-0.3, -0.25) is 19.8 Å². The molecule has 0 radical (unpaired) electrons. The van der Waals surface area contributed by atoms with E-state index in [2.05, 4.69) is 0 Å². The van der Waals surface area contributed by atoms with Crippen LogP contribution in [0.5, 0.6) is 0 Å². The zero-order valence-corrected chi connectivity index (χ0v) is 11.0. The number of benzene rings is 1. The molecule has 1 rings (SSSR count). The van der Waals surface area contributed by atoms with E-state index >= 15 is 0 Å².